The fourth-order valence-electron chi connectivity index (χ4n) is 4.05. The molecule has 0 aliphatic carbocycles. The van der Waals surface area contributed by atoms with E-state index >= 15 is 0 Å². The number of nitrogens with one attached hydrogen (secondary N) is 1. The van der Waals surface area contributed by atoms with Gasteiger partial charge in [0.15, 0.2) is 0 Å². The van der Waals surface area contributed by atoms with E-state index in [1.807, 2.05) is 32.9 Å². The van der Waals surface area contributed by atoms with Gasteiger partial charge >= 0.3 is 0 Å². The zero-order valence-corrected chi connectivity index (χ0v) is 23.7. The molecular weight excluding hydrogens is 522 g/mol. The second-order valence-electron chi connectivity index (χ2n) is 9.16. The third kappa shape index (κ3) is 6.94. The highest BCUT2D eigenvalue weighted by Crippen LogP contribution is 2.29. The first-order chi connectivity index (χ1) is 18.1. The number of benzene rings is 3. The highest BCUT2D eigenvalue weighted by Gasteiger charge is 2.33. The van der Waals surface area contributed by atoms with Crippen molar-refractivity contribution in [1.82, 2.24) is 10.2 Å². The van der Waals surface area contributed by atoms with Gasteiger partial charge in [-0.1, -0.05) is 61.0 Å². The number of halogens is 1. The molecular formula is C29H34ClN3O4S. The fourth-order valence-corrected chi connectivity index (χ4v) is 5.75. The summed E-state index contributed by atoms with van der Waals surface area (Å²) in [6.07, 6.45) is 0.746. The van der Waals surface area contributed by atoms with Crippen LogP contribution in [0.4, 0.5) is 5.69 Å². The average molecular weight is 556 g/mol. The molecule has 2 amide bonds. The molecule has 1 atom stereocenters. The van der Waals surface area contributed by atoms with Crippen LogP contribution in [-0.2, 0) is 26.2 Å². The first-order valence-electron chi connectivity index (χ1n) is 12.5. The first-order valence-corrected chi connectivity index (χ1v) is 14.3. The number of rotatable bonds is 11. The van der Waals surface area contributed by atoms with Gasteiger partial charge in [-0.3, -0.25) is 13.9 Å². The maximum Gasteiger partial charge on any atom is 0.264 e. The summed E-state index contributed by atoms with van der Waals surface area (Å²) in [5.74, 6) is -0.823. The van der Waals surface area contributed by atoms with Crippen molar-refractivity contribution >= 4 is 39.1 Å². The molecule has 0 aliphatic rings. The summed E-state index contributed by atoms with van der Waals surface area (Å²) in [6, 6.07) is 19.5. The summed E-state index contributed by atoms with van der Waals surface area (Å²) < 4.78 is 28.9. The van der Waals surface area contributed by atoms with Crippen LogP contribution in [0.2, 0.25) is 5.02 Å². The molecule has 0 saturated carbocycles. The van der Waals surface area contributed by atoms with Gasteiger partial charge in [0, 0.05) is 18.1 Å². The lowest BCUT2D eigenvalue weighted by Crippen LogP contribution is -2.51. The third-order valence-electron chi connectivity index (χ3n) is 6.41. The maximum absolute atomic E-state index is 13.9. The van der Waals surface area contributed by atoms with E-state index in [1.54, 1.807) is 55.5 Å². The van der Waals surface area contributed by atoms with Crippen molar-refractivity contribution in [2.75, 3.05) is 17.4 Å². The molecule has 0 bridgehead atoms. The molecule has 0 heterocycles. The van der Waals surface area contributed by atoms with Crippen molar-refractivity contribution in [1.29, 1.82) is 0 Å². The average Bonchev–Trinajstić information content (AvgIpc) is 2.90. The van der Waals surface area contributed by atoms with Gasteiger partial charge in [0.25, 0.3) is 10.0 Å². The predicted octanol–water partition coefficient (Wildman–Crippen LogP) is 5.10. The molecule has 0 spiro atoms. The van der Waals surface area contributed by atoms with Gasteiger partial charge in [-0.15, -0.1) is 0 Å². The predicted molar refractivity (Wildman–Crippen MR) is 152 cm³/mol. The van der Waals surface area contributed by atoms with Crippen molar-refractivity contribution in [2.45, 2.75) is 51.6 Å². The number of anilines is 1. The Kier molecular flexibility index (Phi) is 9.94. The number of carbonyl (C=O) groups excluding carboxylic acids is 2. The molecule has 0 saturated heterocycles. The van der Waals surface area contributed by atoms with Crippen LogP contribution >= 0.6 is 11.6 Å². The standard InChI is InChI=1S/C29H34ClN3O4S/c1-5-17-31-29(35)23(4)32(19-24-12-10-13-25(30)18-24)28(34)20-33(27-16-9-11-21(2)22(27)3)38(36,37)26-14-7-6-8-15-26/h6-16,18,23H,5,17,19-20H2,1-4H3,(H,31,35)/t23-/m1/s1. The molecule has 9 heteroatoms. The smallest absolute Gasteiger partial charge is 0.264 e. The monoisotopic (exact) mass is 555 g/mol. The SMILES string of the molecule is CCCNC(=O)[C@@H](C)N(Cc1cccc(Cl)c1)C(=O)CN(c1cccc(C)c1C)S(=O)(=O)c1ccccc1. The van der Waals surface area contributed by atoms with Gasteiger partial charge in [-0.25, -0.2) is 8.42 Å². The zero-order valence-electron chi connectivity index (χ0n) is 22.1. The Morgan fingerprint density at radius 2 is 1.66 bits per heavy atom. The lowest BCUT2D eigenvalue weighted by atomic mass is 10.1. The molecule has 1 N–H and O–H groups in total. The summed E-state index contributed by atoms with van der Waals surface area (Å²) in [7, 11) is -4.10. The van der Waals surface area contributed by atoms with Crippen molar-refractivity contribution in [3.8, 4) is 0 Å². The lowest BCUT2D eigenvalue weighted by molar-refractivity contribution is -0.139. The zero-order chi connectivity index (χ0) is 27.9. The minimum absolute atomic E-state index is 0.0730. The molecule has 3 aromatic carbocycles. The Bertz CT molecular complexity index is 1380. The minimum Gasteiger partial charge on any atom is -0.354 e. The van der Waals surface area contributed by atoms with Crippen LogP contribution in [0.5, 0.6) is 0 Å². The van der Waals surface area contributed by atoms with Crippen LogP contribution in [0, 0.1) is 13.8 Å². The van der Waals surface area contributed by atoms with Crippen LogP contribution in [0.3, 0.4) is 0 Å². The molecule has 0 radical (unpaired) electrons. The van der Waals surface area contributed by atoms with Gasteiger partial charge in [-0.2, -0.15) is 0 Å². The number of hydrogen-bond acceptors (Lipinski definition) is 4. The van der Waals surface area contributed by atoms with Crippen LogP contribution < -0.4 is 9.62 Å². The normalized spacial score (nSPS) is 12.0. The van der Waals surface area contributed by atoms with E-state index in [9.17, 15) is 18.0 Å². The van der Waals surface area contributed by atoms with Crippen LogP contribution in [0.1, 0.15) is 37.0 Å². The Balaban J connectivity index is 2.05. The summed E-state index contributed by atoms with van der Waals surface area (Å²) >= 11 is 6.17. The highest BCUT2D eigenvalue weighted by atomic mass is 35.5. The molecule has 7 nitrogen and oxygen atoms in total. The molecule has 0 aliphatic heterocycles. The van der Waals surface area contributed by atoms with E-state index in [0.717, 1.165) is 27.4 Å². The van der Waals surface area contributed by atoms with E-state index in [0.29, 0.717) is 17.3 Å². The van der Waals surface area contributed by atoms with E-state index in [2.05, 4.69) is 5.32 Å². The Labute approximate surface area is 230 Å². The highest BCUT2D eigenvalue weighted by molar-refractivity contribution is 7.92. The van der Waals surface area contributed by atoms with Gasteiger partial charge < -0.3 is 10.2 Å². The number of hydrogen-bond donors (Lipinski definition) is 1. The summed E-state index contributed by atoms with van der Waals surface area (Å²) in [4.78, 5) is 28.3. The van der Waals surface area contributed by atoms with Gasteiger partial charge in [0.1, 0.15) is 12.6 Å². The van der Waals surface area contributed by atoms with Crippen molar-refractivity contribution in [3.05, 3.63) is 94.5 Å². The van der Waals surface area contributed by atoms with E-state index < -0.39 is 28.5 Å². The van der Waals surface area contributed by atoms with Gasteiger partial charge in [0.2, 0.25) is 11.8 Å². The Morgan fingerprint density at radius 3 is 2.32 bits per heavy atom. The van der Waals surface area contributed by atoms with E-state index in [-0.39, 0.29) is 17.3 Å². The van der Waals surface area contributed by atoms with E-state index in [4.69, 9.17) is 11.6 Å². The van der Waals surface area contributed by atoms with Crippen molar-refractivity contribution in [3.63, 3.8) is 0 Å². The summed E-state index contributed by atoms with van der Waals surface area (Å²) in [6.45, 7) is 7.38. The Morgan fingerprint density at radius 1 is 0.974 bits per heavy atom. The van der Waals surface area contributed by atoms with Crippen molar-refractivity contribution < 1.29 is 18.0 Å². The van der Waals surface area contributed by atoms with Crippen LogP contribution in [0.15, 0.2) is 77.7 Å². The second-order valence-corrected chi connectivity index (χ2v) is 11.5. The van der Waals surface area contributed by atoms with E-state index in [1.165, 1.54) is 17.0 Å². The second kappa shape index (κ2) is 12.9. The fraction of sp³-hybridized carbons (Fsp3) is 0.310. The molecule has 0 unspecified atom stereocenters. The number of carbonyl (C=O) groups is 2. The summed E-state index contributed by atoms with van der Waals surface area (Å²) in [5, 5.41) is 3.33. The lowest BCUT2D eigenvalue weighted by Gasteiger charge is -2.32. The number of aryl methyl sites for hydroxylation is 1. The molecule has 38 heavy (non-hydrogen) atoms. The van der Waals surface area contributed by atoms with Gasteiger partial charge in [-0.05, 0) is 74.2 Å². The topological polar surface area (TPSA) is 86.8 Å². The minimum atomic E-state index is -4.10. The molecule has 0 aromatic heterocycles. The number of amides is 2. The Hall–Kier alpha value is -3.36. The molecule has 3 aromatic rings. The van der Waals surface area contributed by atoms with Crippen LogP contribution in [0.25, 0.3) is 0 Å². The quantitative estimate of drug-likeness (QED) is 0.357. The number of sulfonamides is 1. The third-order valence-corrected chi connectivity index (χ3v) is 8.42. The largest absolute Gasteiger partial charge is 0.354 e. The van der Waals surface area contributed by atoms with Crippen molar-refractivity contribution in [2.24, 2.45) is 0 Å². The van der Waals surface area contributed by atoms with Gasteiger partial charge in [0.05, 0.1) is 10.6 Å². The first kappa shape index (κ1) is 29.2. The maximum atomic E-state index is 13.9. The number of nitrogens with zero attached hydrogens (tertiary/aromatic N) is 2. The summed E-state index contributed by atoms with van der Waals surface area (Å²) in [5.41, 5.74) is 2.78. The molecule has 202 valence electrons. The molecule has 3 rings (SSSR count). The molecule has 0 fully saturated rings. The van der Waals surface area contributed by atoms with Crippen LogP contribution in [-0.4, -0.2) is 44.3 Å².